The summed E-state index contributed by atoms with van der Waals surface area (Å²) in [5.41, 5.74) is 6.02. The Labute approximate surface area is 160 Å². The number of benzene rings is 2. The van der Waals surface area contributed by atoms with Crippen LogP contribution in [0.2, 0.25) is 0 Å². The van der Waals surface area contributed by atoms with Gasteiger partial charge in [-0.15, -0.1) is 12.4 Å². The zero-order chi connectivity index (χ0) is 18.0. The lowest BCUT2D eigenvalue weighted by Gasteiger charge is -2.12. The molecular weight excluding hydrogens is 348 g/mol. The van der Waals surface area contributed by atoms with E-state index in [9.17, 15) is 4.79 Å². The molecule has 0 fully saturated rings. The molecule has 0 aliphatic carbocycles. The first-order chi connectivity index (χ1) is 12.0. The molecule has 1 heterocycles. The first kappa shape index (κ1) is 19.7. The second kappa shape index (κ2) is 8.19. The zero-order valence-electron chi connectivity index (χ0n) is 15.4. The van der Waals surface area contributed by atoms with Crippen LogP contribution in [0.1, 0.15) is 34.0 Å². The maximum Gasteiger partial charge on any atom is 0.338 e. The largest absolute Gasteiger partial charge is 0.462 e. The van der Waals surface area contributed by atoms with Crippen LogP contribution in [0.5, 0.6) is 0 Å². The van der Waals surface area contributed by atoms with Gasteiger partial charge in [0, 0.05) is 11.1 Å². The number of aryl methyl sites for hydroxylation is 3. The highest BCUT2D eigenvalue weighted by atomic mass is 35.5. The van der Waals surface area contributed by atoms with Crippen LogP contribution in [0.25, 0.3) is 10.9 Å². The molecule has 0 aliphatic rings. The van der Waals surface area contributed by atoms with Gasteiger partial charge in [-0.1, -0.05) is 11.6 Å². The van der Waals surface area contributed by atoms with Crippen molar-refractivity contribution in [3.05, 3.63) is 64.7 Å². The smallest absolute Gasteiger partial charge is 0.338 e. The normalized spacial score (nSPS) is 10.3. The number of fused-ring (bicyclic) bond motifs is 1. The first-order valence-electron chi connectivity index (χ1n) is 8.40. The summed E-state index contributed by atoms with van der Waals surface area (Å²) in [4.78, 5) is 16.5. The quantitative estimate of drug-likeness (QED) is 0.616. The number of hydrogen-bond donors (Lipinski definition) is 1. The molecule has 0 bridgehead atoms. The molecule has 1 aromatic heterocycles. The summed E-state index contributed by atoms with van der Waals surface area (Å²) in [6, 6.07) is 13.6. The Balaban J connectivity index is 0.00000243. The van der Waals surface area contributed by atoms with E-state index < -0.39 is 0 Å². The van der Waals surface area contributed by atoms with E-state index in [2.05, 4.69) is 38.2 Å². The minimum Gasteiger partial charge on any atom is -0.462 e. The molecule has 0 radical (unpaired) electrons. The van der Waals surface area contributed by atoms with E-state index in [4.69, 9.17) is 9.72 Å². The van der Waals surface area contributed by atoms with Crippen molar-refractivity contribution in [1.82, 2.24) is 4.98 Å². The van der Waals surface area contributed by atoms with Crippen LogP contribution in [0.15, 0.2) is 42.5 Å². The molecule has 3 rings (SSSR count). The van der Waals surface area contributed by atoms with Gasteiger partial charge in [-0.25, -0.2) is 9.78 Å². The summed E-state index contributed by atoms with van der Waals surface area (Å²) in [6.45, 7) is 8.45. The van der Waals surface area contributed by atoms with Crippen LogP contribution in [0.3, 0.4) is 0 Å². The van der Waals surface area contributed by atoms with Gasteiger partial charge in [0.05, 0.1) is 17.7 Å². The van der Waals surface area contributed by atoms with Gasteiger partial charge in [0.25, 0.3) is 0 Å². The number of halogens is 1. The van der Waals surface area contributed by atoms with Crippen LogP contribution in [-0.4, -0.2) is 17.6 Å². The molecule has 5 heteroatoms. The Kier molecular flexibility index (Phi) is 6.22. The molecule has 0 aliphatic heterocycles. The van der Waals surface area contributed by atoms with Crippen molar-refractivity contribution in [3.8, 4) is 0 Å². The fraction of sp³-hybridized carbons (Fsp3) is 0.238. The number of nitrogens with one attached hydrogen (secondary N) is 1. The van der Waals surface area contributed by atoms with Crippen molar-refractivity contribution in [2.45, 2.75) is 27.7 Å². The number of esters is 1. The Morgan fingerprint density at radius 3 is 2.38 bits per heavy atom. The molecule has 2 aromatic carbocycles. The molecule has 0 amide bonds. The fourth-order valence-corrected chi connectivity index (χ4v) is 2.96. The van der Waals surface area contributed by atoms with E-state index in [1.165, 1.54) is 22.1 Å². The lowest BCUT2D eigenvalue weighted by Crippen LogP contribution is -2.04. The second-order valence-corrected chi connectivity index (χ2v) is 6.23. The summed E-state index contributed by atoms with van der Waals surface area (Å²) in [6.07, 6.45) is 0. The number of rotatable bonds is 4. The molecule has 1 N–H and O–H groups in total. The molecule has 0 atom stereocenters. The predicted molar refractivity (Wildman–Crippen MR) is 109 cm³/mol. The Hall–Kier alpha value is -2.59. The van der Waals surface area contributed by atoms with Crippen molar-refractivity contribution < 1.29 is 9.53 Å². The predicted octanol–water partition coefficient (Wildman–Crippen LogP) is 5.50. The molecule has 3 aromatic rings. The lowest BCUT2D eigenvalue weighted by atomic mass is 10.0. The maximum atomic E-state index is 11.7. The Morgan fingerprint density at radius 1 is 1.04 bits per heavy atom. The van der Waals surface area contributed by atoms with E-state index >= 15 is 0 Å². The van der Waals surface area contributed by atoms with Gasteiger partial charge in [0.1, 0.15) is 5.82 Å². The number of aromatic nitrogens is 1. The Bertz CT molecular complexity index is 937. The topological polar surface area (TPSA) is 51.2 Å². The molecule has 136 valence electrons. The standard InChI is InChI=1S/C21H22N2O2.ClH/c1-5-25-21(24)16-6-8-17(9-7-16)22-19-12-14(3)18-11-13(2)10-15(4)20(18)23-19;/h6-12H,5H2,1-4H3,(H,22,23);1H. The Morgan fingerprint density at radius 2 is 1.73 bits per heavy atom. The molecule has 0 saturated heterocycles. The molecule has 26 heavy (non-hydrogen) atoms. The van der Waals surface area contributed by atoms with E-state index in [1.807, 2.05) is 18.2 Å². The van der Waals surface area contributed by atoms with Crippen molar-refractivity contribution in [3.63, 3.8) is 0 Å². The van der Waals surface area contributed by atoms with Gasteiger partial charge in [-0.05, 0) is 75.2 Å². The number of anilines is 2. The van der Waals surface area contributed by atoms with Gasteiger partial charge in [0.2, 0.25) is 0 Å². The minimum absolute atomic E-state index is 0. The van der Waals surface area contributed by atoms with Gasteiger partial charge in [-0.3, -0.25) is 0 Å². The molecule has 4 nitrogen and oxygen atoms in total. The summed E-state index contributed by atoms with van der Waals surface area (Å²) >= 11 is 0. The minimum atomic E-state index is -0.306. The highest BCUT2D eigenvalue weighted by molar-refractivity contribution is 5.90. The molecule has 0 unspecified atom stereocenters. The summed E-state index contributed by atoms with van der Waals surface area (Å²) < 4.78 is 5.00. The molecule has 0 saturated carbocycles. The molecular formula is C21H23ClN2O2. The maximum absolute atomic E-state index is 11.7. The summed E-state index contributed by atoms with van der Waals surface area (Å²) in [7, 11) is 0. The second-order valence-electron chi connectivity index (χ2n) is 6.23. The summed E-state index contributed by atoms with van der Waals surface area (Å²) in [5.74, 6) is 0.487. The van der Waals surface area contributed by atoms with Crippen molar-refractivity contribution >= 4 is 40.8 Å². The van der Waals surface area contributed by atoms with E-state index in [-0.39, 0.29) is 18.4 Å². The van der Waals surface area contributed by atoms with Crippen LogP contribution in [-0.2, 0) is 4.74 Å². The number of ether oxygens (including phenoxy) is 1. The third-order valence-corrected chi connectivity index (χ3v) is 4.12. The number of carbonyl (C=O) groups is 1. The highest BCUT2D eigenvalue weighted by Gasteiger charge is 2.08. The fourth-order valence-electron chi connectivity index (χ4n) is 2.96. The van der Waals surface area contributed by atoms with Crippen LogP contribution >= 0.6 is 12.4 Å². The highest BCUT2D eigenvalue weighted by Crippen LogP contribution is 2.26. The van der Waals surface area contributed by atoms with Crippen molar-refractivity contribution in [1.29, 1.82) is 0 Å². The van der Waals surface area contributed by atoms with Gasteiger partial charge in [-0.2, -0.15) is 0 Å². The molecule has 0 spiro atoms. The number of carbonyl (C=O) groups excluding carboxylic acids is 1. The third-order valence-electron chi connectivity index (χ3n) is 4.12. The average molecular weight is 371 g/mol. The van der Waals surface area contributed by atoms with Crippen molar-refractivity contribution in [2.24, 2.45) is 0 Å². The zero-order valence-corrected chi connectivity index (χ0v) is 16.2. The number of pyridine rings is 1. The average Bonchev–Trinajstić information content (AvgIpc) is 2.57. The monoisotopic (exact) mass is 370 g/mol. The SMILES string of the molecule is CCOC(=O)c1ccc(Nc2cc(C)c3cc(C)cc(C)c3n2)cc1.Cl. The van der Waals surface area contributed by atoms with Crippen LogP contribution in [0, 0.1) is 20.8 Å². The van der Waals surface area contributed by atoms with Crippen molar-refractivity contribution in [2.75, 3.05) is 11.9 Å². The summed E-state index contributed by atoms with van der Waals surface area (Å²) in [5, 5.41) is 4.49. The van der Waals surface area contributed by atoms with Gasteiger partial charge in [0.15, 0.2) is 0 Å². The van der Waals surface area contributed by atoms with Crippen LogP contribution in [0.4, 0.5) is 11.5 Å². The lowest BCUT2D eigenvalue weighted by molar-refractivity contribution is 0.0526. The van der Waals surface area contributed by atoms with E-state index in [1.54, 1.807) is 19.1 Å². The third kappa shape index (κ3) is 4.14. The first-order valence-corrected chi connectivity index (χ1v) is 8.40. The number of hydrogen-bond acceptors (Lipinski definition) is 4. The van der Waals surface area contributed by atoms with E-state index in [0.717, 1.165) is 17.0 Å². The number of nitrogens with zero attached hydrogens (tertiary/aromatic N) is 1. The van der Waals surface area contributed by atoms with Gasteiger partial charge >= 0.3 is 5.97 Å². The van der Waals surface area contributed by atoms with Crippen LogP contribution < -0.4 is 5.32 Å². The van der Waals surface area contributed by atoms with E-state index in [0.29, 0.717) is 12.2 Å². The van der Waals surface area contributed by atoms with Gasteiger partial charge < -0.3 is 10.1 Å².